The van der Waals surface area contributed by atoms with Crippen molar-refractivity contribution in [3.63, 3.8) is 0 Å². The summed E-state index contributed by atoms with van der Waals surface area (Å²) in [5, 5.41) is 0.520. The van der Waals surface area contributed by atoms with Crippen LogP contribution in [-0.2, 0) is 0 Å². The van der Waals surface area contributed by atoms with Gasteiger partial charge in [-0.1, -0.05) is 31.2 Å². The largest absolute Gasteiger partial charge is 0.296 e. The molecule has 0 saturated carbocycles. The van der Waals surface area contributed by atoms with E-state index in [1.807, 2.05) is 35.8 Å². The number of hydrogen-bond donors (Lipinski definition) is 0. The molecule has 1 atom stereocenters. The van der Waals surface area contributed by atoms with Crippen LogP contribution in [0.1, 0.15) is 37.4 Å². The third kappa shape index (κ3) is 2.64. The first-order chi connectivity index (χ1) is 14.5. The van der Waals surface area contributed by atoms with Gasteiger partial charge in [0.15, 0.2) is 11.3 Å². The monoisotopic (exact) mass is 397 g/mol. The Bertz CT molecular complexity index is 1500. The van der Waals surface area contributed by atoms with Crippen LogP contribution in [0.15, 0.2) is 53.6 Å². The van der Waals surface area contributed by atoms with Crippen LogP contribution in [0.4, 0.5) is 0 Å². The maximum Gasteiger partial charge on any atom is 0.265 e. The maximum atomic E-state index is 13.5. The molecule has 0 aliphatic rings. The summed E-state index contributed by atoms with van der Waals surface area (Å²) in [7, 11) is 0. The standard InChI is InChI=1S/C24H23N5O/c1-5-16(4)28-13-25-22-20(24(28)30)21-23(27-18-9-7-6-8-17(18)26-21)29(22)19-12-14(2)10-11-15(19)3/h6-13,16H,5H2,1-4H3. The Morgan fingerprint density at radius 1 is 1.00 bits per heavy atom. The van der Waals surface area contributed by atoms with Crippen LogP contribution in [0.25, 0.3) is 38.9 Å². The molecular formula is C24H23N5O. The number of aromatic nitrogens is 5. The number of benzene rings is 2. The molecule has 1 unspecified atom stereocenters. The van der Waals surface area contributed by atoms with Gasteiger partial charge in [0.25, 0.3) is 5.56 Å². The van der Waals surface area contributed by atoms with Crippen molar-refractivity contribution in [3.8, 4) is 5.69 Å². The van der Waals surface area contributed by atoms with Crippen LogP contribution in [0.5, 0.6) is 0 Å². The summed E-state index contributed by atoms with van der Waals surface area (Å²) in [4.78, 5) is 28.0. The van der Waals surface area contributed by atoms with Crippen molar-refractivity contribution in [2.24, 2.45) is 0 Å². The number of para-hydroxylation sites is 2. The molecule has 0 spiro atoms. The molecule has 0 aliphatic heterocycles. The van der Waals surface area contributed by atoms with Crippen LogP contribution < -0.4 is 5.56 Å². The van der Waals surface area contributed by atoms with E-state index in [2.05, 4.69) is 39.0 Å². The van der Waals surface area contributed by atoms with Crippen molar-refractivity contribution in [2.45, 2.75) is 40.2 Å². The molecule has 0 aliphatic carbocycles. The van der Waals surface area contributed by atoms with E-state index in [0.29, 0.717) is 22.2 Å². The molecule has 150 valence electrons. The highest BCUT2D eigenvalue weighted by atomic mass is 16.1. The molecule has 0 radical (unpaired) electrons. The van der Waals surface area contributed by atoms with Gasteiger partial charge in [0.1, 0.15) is 17.2 Å². The highest BCUT2D eigenvalue weighted by molar-refractivity contribution is 6.05. The van der Waals surface area contributed by atoms with Gasteiger partial charge < -0.3 is 0 Å². The first-order valence-corrected chi connectivity index (χ1v) is 10.2. The van der Waals surface area contributed by atoms with Gasteiger partial charge >= 0.3 is 0 Å². The lowest BCUT2D eigenvalue weighted by atomic mass is 10.1. The fraction of sp³-hybridized carbons (Fsp3) is 0.250. The summed E-state index contributed by atoms with van der Waals surface area (Å²) in [5.41, 5.74) is 6.52. The quantitative estimate of drug-likeness (QED) is 0.436. The molecule has 0 N–H and O–H groups in total. The number of rotatable bonds is 3. The van der Waals surface area contributed by atoms with Crippen LogP contribution in [-0.4, -0.2) is 24.1 Å². The van der Waals surface area contributed by atoms with Crippen molar-refractivity contribution in [1.82, 2.24) is 24.1 Å². The Morgan fingerprint density at radius 3 is 2.47 bits per heavy atom. The minimum atomic E-state index is -0.0759. The zero-order chi connectivity index (χ0) is 21.0. The lowest BCUT2D eigenvalue weighted by Crippen LogP contribution is -2.23. The number of nitrogens with zero attached hydrogens (tertiary/aromatic N) is 5. The van der Waals surface area contributed by atoms with Crippen LogP contribution in [0, 0.1) is 13.8 Å². The van der Waals surface area contributed by atoms with Crippen molar-refractivity contribution in [2.75, 3.05) is 0 Å². The normalized spacial score (nSPS) is 12.8. The Balaban J connectivity index is 2.02. The number of hydrogen-bond acceptors (Lipinski definition) is 4. The molecule has 0 fully saturated rings. The molecule has 5 aromatic rings. The molecule has 6 heteroatoms. The molecule has 3 heterocycles. The van der Waals surface area contributed by atoms with Crippen LogP contribution in [0.3, 0.4) is 0 Å². The second-order valence-corrected chi connectivity index (χ2v) is 7.92. The first kappa shape index (κ1) is 18.5. The average molecular weight is 397 g/mol. The summed E-state index contributed by atoms with van der Waals surface area (Å²) in [6.07, 6.45) is 2.50. The lowest BCUT2D eigenvalue weighted by molar-refractivity contribution is 0.510. The molecular weight excluding hydrogens is 374 g/mol. The third-order valence-electron chi connectivity index (χ3n) is 5.86. The third-order valence-corrected chi connectivity index (χ3v) is 5.86. The van der Waals surface area contributed by atoms with E-state index < -0.39 is 0 Å². The maximum absolute atomic E-state index is 13.5. The van der Waals surface area contributed by atoms with E-state index in [-0.39, 0.29) is 11.6 Å². The predicted molar refractivity (Wildman–Crippen MR) is 120 cm³/mol. The van der Waals surface area contributed by atoms with E-state index in [1.54, 1.807) is 10.9 Å². The summed E-state index contributed by atoms with van der Waals surface area (Å²) in [6.45, 7) is 8.20. The van der Waals surface area contributed by atoms with Crippen molar-refractivity contribution < 1.29 is 0 Å². The fourth-order valence-electron chi connectivity index (χ4n) is 3.95. The Morgan fingerprint density at radius 2 is 1.73 bits per heavy atom. The Labute approximate surface area is 173 Å². The Kier molecular flexibility index (Phi) is 4.17. The number of aryl methyl sites for hydroxylation is 2. The van der Waals surface area contributed by atoms with Crippen LogP contribution >= 0.6 is 0 Å². The predicted octanol–water partition coefficient (Wildman–Crippen LogP) is 4.87. The minimum absolute atomic E-state index is 0.0573. The minimum Gasteiger partial charge on any atom is -0.296 e. The second-order valence-electron chi connectivity index (χ2n) is 7.92. The molecule has 6 nitrogen and oxygen atoms in total. The van der Waals surface area contributed by atoms with Gasteiger partial charge in [0, 0.05) is 6.04 Å². The molecule has 5 rings (SSSR count). The highest BCUT2D eigenvalue weighted by Gasteiger charge is 2.22. The van der Waals surface area contributed by atoms with Gasteiger partial charge in [-0.05, 0) is 56.5 Å². The molecule has 30 heavy (non-hydrogen) atoms. The van der Waals surface area contributed by atoms with Crippen LogP contribution in [0.2, 0.25) is 0 Å². The zero-order valence-electron chi connectivity index (χ0n) is 17.5. The van der Waals surface area contributed by atoms with Crippen molar-refractivity contribution in [1.29, 1.82) is 0 Å². The van der Waals surface area contributed by atoms with Gasteiger partial charge in [0.2, 0.25) is 0 Å². The Hall–Kier alpha value is -3.54. The summed E-state index contributed by atoms with van der Waals surface area (Å²) in [5.74, 6) is 0. The van der Waals surface area contributed by atoms with E-state index >= 15 is 0 Å². The van der Waals surface area contributed by atoms with E-state index in [0.717, 1.165) is 34.3 Å². The smallest absolute Gasteiger partial charge is 0.265 e. The van der Waals surface area contributed by atoms with Crippen molar-refractivity contribution >= 4 is 33.2 Å². The first-order valence-electron chi connectivity index (χ1n) is 10.2. The summed E-state index contributed by atoms with van der Waals surface area (Å²) < 4.78 is 3.68. The zero-order valence-corrected chi connectivity index (χ0v) is 17.5. The average Bonchev–Trinajstić information content (AvgIpc) is 3.07. The number of fused-ring (bicyclic) bond motifs is 4. The fourth-order valence-corrected chi connectivity index (χ4v) is 3.95. The highest BCUT2D eigenvalue weighted by Crippen LogP contribution is 2.30. The van der Waals surface area contributed by atoms with Gasteiger partial charge in [-0.2, -0.15) is 0 Å². The topological polar surface area (TPSA) is 65.6 Å². The molecule has 0 bridgehead atoms. The molecule has 0 saturated heterocycles. The van der Waals surface area contributed by atoms with Gasteiger partial charge in [-0.15, -0.1) is 0 Å². The van der Waals surface area contributed by atoms with Gasteiger partial charge in [-0.25, -0.2) is 15.0 Å². The van der Waals surface area contributed by atoms with E-state index in [1.165, 1.54) is 0 Å². The lowest BCUT2D eigenvalue weighted by Gasteiger charge is -2.13. The van der Waals surface area contributed by atoms with E-state index in [9.17, 15) is 4.79 Å². The van der Waals surface area contributed by atoms with Crippen molar-refractivity contribution in [3.05, 3.63) is 70.3 Å². The summed E-state index contributed by atoms with van der Waals surface area (Å²) in [6, 6.07) is 14.1. The second kappa shape index (κ2) is 6.76. The van der Waals surface area contributed by atoms with Gasteiger partial charge in [-0.3, -0.25) is 13.9 Å². The molecule has 2 aromatic carbocycles. The molecule has 3 aromatic heterocycles. The SMILES string of the molecule is CCC(C)n1cnc2c(c1=O)c1nc3ccccc3nc1n2-c1cc(C)ccc1C. The summed E-state index contributed by atoms with van der Waals surface area (Å²) >= 11 is 0. The van der Waals surface area contributed by atoms with Gasteiger partial charge in [0.05, 0.1) is 16.7 Å². The van der Waals surface area contributed by atoms with E-state index in [4.69, 9.17) is 15.0 Å². The molecule has 0 amide bonds.